The first-order chi connectivity index (χ1) is 17.2. The lowest BCUT2D eigenvalue weighted by Crippen LogP contribution is -2.23. The van der Waals surface area contributed by atoms with Gasteiger partial charge in [0.2, 0.25) is 0 Å². The smallest absolute Gasteiger partial charge is 0.0662 e. The standard InChI is InChI=1S/C30H62O.C2H6O2/c1-5-9-13-17-21-25-29(26-22-18-14-10-6-2)31-30(27-23-19-15-11-7-3)28-24-20-16-12-8-4;3-1-2-4/h29-30H,5-28H2,1-4H3;3-4H,1-2H2. The fourth-order valence-electron chi connectivity index (χ4n) is 4.74. The molecule has 0 aromatic carbocycles. The van der Waals surface area contributed by atoms with Gasteiger partial charge in [-0.25, -0.2) is 0 Å². The molecule has 0 aromatic heterocycles. The third-order valence-corrected chi connectivity index (χ3v) is 7.00. The van der Waals surface area contributed by atoms with E-state index in [1.165, 1.54) is 154 Å². The van der Waals surface area contributed by atoms with E-state index in [2.05, 4.69) is 27.7 Å². The van der Waals surface area contributed by atoms with Gasteiger partial charge in [-0.1, -0.05) is 156 Å². The molecule has 0 aliphatic heterocycles. The number of rotatable bonds is 27. The van der Waals surface area contributed by atoms with E-state index in [0.717, 1.165) is 0 Å². The molecule has 214 valence electrons. The number of aliphatic hydroxyl groups excluding tert-OH is 2. The summed E-state index contributed by atoms with van der Waals surface area (Å²) in [5, 5.41) is 15.2. The number of aliphatic hydroxyl groups is 2. The van der Waals surface area contributed by atoms with E-state index in [-0.39, 0.29) is 13.2 Å². The molecule has 0 aromatic rings. The van der Waals surface area contributed by atoms with E-state index in [9.17, 15) is 0 Å². The molecule has 0 bridgehead atoms. The molecule has 3 nitrogen and oxygen atoms in total. The highest BCUT2D eigenvalue weighted by Crippen LogP contribution is 2.23. The zero-order valence-corrected chi connectivity index (χ0v) is 24.8. The van der Waals surface area contributed by atoms with Crippen LogP contribution in [-0.4, -0.2) is 35.6 Å². The summed E-state index contributed by atoms with van der Waals surface area (Å²) in [5.74, 6) is 0. The van der Waals surface area contributed by atoms with Crippen LogP contribution in [0.1, 0.15) is 182 Å². The second-order valence-electron chi connectivity index (χ2n) is 10.6. The van der Waals surface area contributed by atoms with E-state index in [1.807, 2.05) is 0 Å². The fourth-order valence-corrected chi connectivity index (χ4v) is 4.74. The van der Waals surface area contributed by atoms with Gasteiger partial charge in [0.1, 0.15) is 0 Å². The van der Waals surface area contributed by atoms with Crippen LogP contribution >= 0.6 is 0 Å². The van der Waals surface area contributed by atoms with Crippen molar-refractivity contribution >= 4 is 0 Å². The molecular formula is C32H68O3. The van der Waals surface area contributed by atoms with Crippen molar-refractivity contribution in [2.24, 2.45) is 0 Å². The third kappa shape index (κ3) is 31.9. The molecule has 0 unspecified atom stereocenters. The van der Waals surface area contributed by atoms with E-state index < -0.39 is 0 Å². The van der Waals surface area contributed by atoms with Crippen molar-refractivity contribution in [1.82, 2.24) is 0 Å². The van der Waals surface area contributed by atoms with Crippen molar-refractivity contribution in [3.63, 3.8) is 0 Å². The molecule has 0 spiro atoms. The lowest BCUT2D eigenvalue weighted by molar-refractivity contribution is -0.0324. The van der Waals surface area contributed by atoms with E-state index >= 15 is 0 Å². The number of hydrogen-bond donors (Lipinski definition) is 2. The Morgan fingerprint density at radius 1 is 0.371 bits per heavy atom. The minimum absolute atomic E-state index is 0.125. The zero-order valence-electron chi connectivity index (χ0n) is 24.8. The second-order valence-corrected chi connectivity index (χ2v) is 10.6. The van der Waals surface area contributed by atoms with E-state index in [1.54, 1.807) is 0 Å². The summed E-state index contributed by atoms with van der Waals surface area (Å²) >= 11 is 0. The van der Waals surface area contributed by atoms with Gasteiger partial charge in [-0.3, -0.25) is 0 Å². The van der Waals surface area contributed by atoms with Gasteiger partial charge in [0, 0.05) is 0 Å². The predicted octanol–water partition coefficient (Wildman–Crippen LogP) is 10.2. The molecule has 0 heterocycles. The van der Waals surface area contributed by atoms with Gasteiger partial charge in [0.05, 0.1) is 25.4 Å². The zero-order chi connectivity index (χ0) is 26.2. The Labute approximate surface area is 222 Å². The minimum atomic E-state index is -0.125. The first-order valence-electron chi connectivity index (χ1n) is 16.1. The largest absolute Gasteiger partial charge is 0.394 e. The van der Waals surface area contributed by atoms with Crippen LogP contribution in [0, 0.1) is 0 Å². The highest BCUT2D eigenvalue weighted by molar-refractivity contribution is 4.67. The first kappa shape index (κ1) is 37.0. The average molecular weight is 501 g/mol. The van der Waals surface area contributed by atoms with Crippen molar-refractivity contribution in [3.8, 4) is 0 Å². The molecule has 0 fully saturated rings. The molecule has 35 heavy (non-hydrogen) atoms. The Morgan fingerprint density at radius 3 is 0.800 bits per heavy atom. The lowest BCUT2D eigenvalue weighted by Gasteiger charge is -2.26. The summed E-state index contributed by atoms with van der Waals surface area (Å²) in [4.78, 5) is 0. The summed E-state index contributed by atoms with van der Waals surface area (Å²) in [6.45, 7) is 9.00. The summed E-state index contributed by atoms with van der Waals surface area (Å²) < 4.78 is 6.88. The monoisotopic (exact) mass is 501 g/mol. The average Bonchev–Trinajstić information content (AvgIpc) is 2.87. The van der Waals surface area contributed by atoms with Gasteiger partial charge < -0.3 is 14.9 Å². The SMILES string of the molecule is CCCCCCCC(CCCCCCC)OC(CCCCCCC)CCCCCCC.OCCO. The second kappa shape index (κ2) is 33.9. The van der Waals surface area contributed by atoms with Crippen LogP contribution in [0.4, 0.5) is 0 Å². The summed E-state index contributed by atoms with van der Waals surface area (Å²) in [5.41, 5.74) is 0. The van der Waals surface area contributed by atoms with Gasteiger partial charge in [-0.2, -0.15) is 0 Å². The fraction of sp³-hybridized carbons (Fsp3) is 1.00. The van der Waals surface area contributed by atoms with Crippen molar-refractivity contribution < 1.29 is 14.9 Å². The van der Waals surface area contributed by atoms with Crippen molar-refractivity contribution in [3.05, 3.63) is 0 Å². The van der Waals surface area contributed by atoms with Gasteiger partial charge in [-0.15, -0.1) is 0 Å². The summed E-state index contributed by atoms with van der Waals surface area (Å²) in [6, 6.07) is 0. The Balaban J connectivity index is 0. The van der Waals surface area contributed by atoms with Crippen LogP contribution < -0.4 is 0 Å². The van der Waals surface area contributed by atoms with Gasteiger partial charge in [-0.05, 0) is 25.7 Å². The number of ether oxygens (including phenoxy) is 1. The van der Waals surface area contributed by atoms with Crippen molar-refractivity contribution in [2.45, 2.75) is 194 Å². The molecule has 0 aliphatic rings. The first-order valence-corrected chi connectivity index (χ1v) is 16.1. The number of hydrogen-bond acceptors (Lipinski definition) is 3. The van der Waals surface area contributed by atoms with Crippen LogP contribution in [0.2, 0.25) is 0 Å². The van der Waals surface area contributed by atoms with Crippen LogP contribution in [0.5, 0.6) is 0 Å². The molecule has 0 saturated carbocycles. The predicted molar refractivity (Wildman–Crippen MR) is 156 cm³/mol. The minimum Gasteiger partial charge on any atom is -0.394 e. The van der Waals surface area contributed by atoms with Gasteiger partial charge in [0.15, 0.2) is 0 Å². The van der Waals surface area contributed by atoms with Crippen LogP contribution in [-0.2, 0) is 4.74 Å². The highest BCUT2D eigenvalue weighted by Gasteiger charge is 2.16. The van der Waals surface area contributed by atoms with Gasteiger partial charge >= 0.3 is 0 Å². The molecule has 0 amide bonds. The molecular weight excluding hydrogens is 432 g/mol. The molecule has 0 rings (SSSR count). The number of unbranched alkanes of at least 4 members (excludes halogenated alkanes) is 16. The Morgan fingerprint density at radius 2 is 0.600 bits per heavy atom. The molecule has 0 radical (unpaired) electrons. The quantitative estimate of drug-likeness (QED) is 0.110. The summed E-state index contributed by atoms with van der Waals surface area (Å²) in [7, 11) is 0. The maximum atomic E-state index is 7.62. The topological polar surface area (TPSA) is 49.7 Å². The molecule has 0 aliphatic carbocycles. The molecule has 0 atom stereocenters. The molecule has 3 heteroatoms. The Bertz CT molecular complexity index is 288. The summed E-state index contributed by atoms with van der Waals surface area (Å²) in [6.07, 6.45) is 34.0. The van der Waals surface area contributed by atoms with Crippen LogP contribution in [0.15, 0.2) is 0 Å². The van der Waals surface area contributed by atoms with Crippen molar-refractivity contribution in [2.75, 3.05) is 13.2 Å². The Hall–Kier alpha value is -0.120. The van der Waals surface area contributed by atoms with Crippen LogP contribution in [0.3, 0.4) is 0 Å². The van der Waals surface area contributed by atoms with Crippen LogP contribution in [0.25, 0.3) is 0 Å². The lowest BCUT2D eigenvalue weighted by atomic mass is 10.00. The maximum absolute atomic E-state index is 7.62. The van der Waals surface area contributed by atoms with Crippen molar-refractivity contribution in [1.29, 1.82) is 0 Å². The molecule has 2 N–H and O–H groups in total. The third-order valence-electron chi connectivity index (χ3n) is 7.00. The Kier molecular flexibility index (Phi) is 35.8. The van der Waals surface area contributed by atoms with Gasteiger partial charge in [0.25, 0.3) is 0 Å². The highest BCUT2D eigenvalue weighted by atomic mass is 16.5. The van der Waals surface area contributed by atoms with E-state index in [4.69, 9.17) is 14.9 Å². The molecule has 0 saturated heterocycles. The normalized spacial score (nSPS) is 11.3. The van der Waals surface area contributed by atoms with E-state index in [0.29, 0.717) is 12.2 Å². The maximum Gasteiger partial charge on any atom is 0.0662 e.